The largest absolute Gasteiger partial charge is 0.481 e. The quantitative estimate of drug-likeness (QED) is 0.675. The van der Waals surface area contributed by atoms with Gasteiger partial charge in [0.2, 0.25) is 5.91 Å². The van der Waals surface area contributed by atoms with Crippen molar-refractivity contribution in [3.8, 4) is 0 Å². The topological polar surface area (TPSA) is 86.7 Å². The van der Waals surface area contributed by atoms with Gasteiger partial charge >= 0.3 is 5.97 Å². The molecule has 1 atom stereocenters. The third-order valence-corrected chi connectivity index (χ3v) is 4.16. The maximum Gasteiger partial charge on any atom is 0.303 e. The van der Waals surface area contributed by atoms with Gasteiger partial charge in [0.05, 0.1) is 0 Å². The number of hydrogen-bond donors (Lipinski definition) is 2. The van der Waals surface area contributed by atoms with Gasteiger partial charge in [0.25, 0.3) is 5.24 Å². The number of carbonyl (C=O) groups is 3. The molecule has 0 spiro atoms. The highest BCUT2D eigenvalue weighted by molar-refractivity contribution is 8.13. The second-order valence-electron chi connectivity index (χ2n) is 5.03. The molecule has 2 N–H and O–H groups in total. The lowest BCUT2D eigenvalue weighted by Crippen LogP contribution is -2.31. The lowest BCUT2D eigenvalue weighted by molar-refractivity contribution is -0.137. The van der Waals surface area contributed by atoms with E-state index < -0.39 is 5.97 Å². The highest BCUT2D eigenvalue weighted by Crippen LogP contribution is 2.17. The molecule has 20 heavy (non-hydrogen) atoms. The van der Waals surface area contributed by atoms with Gasteiger partial charge in [0.15, 0.2) is 0 Å². The van der Waals surface area contributed by atoms with Gasteiger partial charge in [-0.1, -0.05) is 18.7 Å². The summed E-state index contributed by atoms with van der Waals surface area (Å²) in [5.74, 6) is 0.249. The van der Waals surface area contributed by atoms with Crippen LogP contribution in [0.2, 0.25) is 0 Å². The van der Waals surface area contributed by atoms with Gasteiger partial charge in [-0.3, -0.25) is 14.4 Å². The molecule has 0 aromatic carbocycles. The first-order valence-electron chi connectivity index (χ1n) is 6.89. The molecule has 0 radical (unpaired) electrons. The van der Waals surface area contributed by atoms with E-state index in [-0.39, 0.29) is 23.5 Å². The molecule has 1 rings (SSSR count). The van der Waals surface area contributed by atoms with E-state index >= 15 is 0 Å². The van der Waals surface area contributed by atoms with Crippen molar-refractivity contribution in [1.82, 2.24) is 10.2 Å². The first kappa shape index (κ1) is 16.8. The summed E-state index contributed by atoms with van der Waals surface area (Å²) >= 11 is 1.29. The maximum atomic E-state index is 11.6. The van der Waals surface area contributed by atoms with Crippen LogP contribution in [0.3, 0.4) is 0 Å². The molecule has 114 valence electrons. The van der Waals surface area contributed by atoms with E-state index in [9.17, 15) is 14.4 Å². The van der Waals surface area contributed by atoms with Crippen LogP contribution in [0.15, 0.2) is 0 Å². The van der Waals surface area contributed by atoms with Crippen LogP contribution in [0.1, 0.15) is 32.6 Å². The Morgan fingerprint density at radius 2 is 2.15 bits per heavy atom. The second kappa shape index (κ2) is 8.84. The number of nitrogens with one attached hydrogen (secondary N) is 1. The molecule has 1 fully saturated rings. The molecule has 7 heteroatoms. The lowest BCUT2D eigenvalue weighted by Gasteiger charge is -2.14. The summed E-state index contributed by atoms with van der Waals surface area (Å²) in [5.41, 5.74) is 0. The van der Waals surface area contributed by atoms with Gasteiger partial charge in [0.1, 0.15) is 0 Å². The standard InChI is InChI=1S/C13H22N2O4S/c1-10(2-3-12(17)18)4-6-14-11(16)5-7-15-8-9-20-13(15)19/h10H,2-9H2,1H3,(H,14,16)(H,17,18). The van der Waals surface area contributed by atoms with E-state index in [1.54, 1.807) is 4.90 Å². The van der Waals surface area contributed by atoms with Crippen LogP contribution in [0, 0.1) is 5.92 Å². The number of aliphatic carboxylic acids is 1. The van der Waals surface area contributed by atoms with E-state index in [0.717, 1.165) is 18.7 Å². The van der Waals surface area contributed by atoms with E-state index in [0.29, 0.717) is 25.9 Å². The number of thioether (sulfide) groups is 1. The first-order valence-corrected chi connectivity index (χ1v) is 7.87. The molecule has 1 aliphatic rings. The van der Waals surface area contributed by atoms with Gasteiger partial charge < -0.3 is 15.3 Å². The van der Waals surface area contributed by atoms with Crippen LogP contribution in [-0.4, -0.2) is 52.5 Å². The van der Waals surface area contributed by atoms with Gasteiger partial charge in [0, 0.05) is 38.2 Å². The van der Waals surface area contributed by atoms with Gasteiger partial charge in [-0.25, -0.2) is 0 Å². The zero-order valence-electron chi connectivity index (χ0n) is 11.8. The maximum absolute atomic E-state index is 11.6. The van der Waals surface area contributed by atoms with Crippen molar-refractivity contribution < 1.29 is 19.5 Å². The Bertz CT molecular complexity index is 362. The van der Waals surface area contributed by atoms with E-state index in [4.69, 9.17) is 5.11 Å². The fourth-order valence-corrected chi connectivity index (χ4v) is 2.78. The Kier molecular flexibility index (Phi) is 7.43. The van der Waals surface area contributed by atoms with Crippen molar-refractivity contribution in [1.29, 1.82) is 0 Å². The van der Waals surface area contributed by atoms with Crippen LogP contribution in [-0.2, 0) is 9.59 Å². The first-order chi connectivity index (χ1) is 9.49. The van der Waals surface area contributed by atoms with Gasteiger partial charge in [-0.05, 0) is 18.8 Å². The Morgan fingerprint density at radius 3 is 2.75 bits per heavy atom. The molecule has 1 saturated heterocycles. The van der Waals surface area contributed by atoms with Crippen LogP contribution < -0.4 is 5.32 Å². The van der Waals surface area contributed by atoms with Crippen molar-refractivity contribution in [2.45, 2.75) is 32.6 Å². The number of carboxylic acids is 1. The van der Waals surface area contributed by atoms with Crippen molar-refractivity contribution in [3.63, 3.8) is 0 Å². The molecule has 0 aromatic rings. The molecular formula is C13H22N2O4S. The Balaban J connectivity index is 2.05. The number of rotatable bonds is 9. The molecule has 0 aliphatic carbocycles. The summed E-state index contributed by atoms with van der Waals surface area (Å²) in [6, 6.07) is 0. The van der Waals surface area contributed by atoms with Crippen LogP contribution >= 0.6 is 11.8 Å². The summed E-state index contributed by atoms with van der Waals surface area (Å²) in [6.07, 6.45) is 1.90. The summed E-state index contributed by atoms with van der Waals surface area (Å²) in [4.78, 5) is 35.0. The van der Waals surface area contributed by atoms with Crippen molar-refractivity contribution >= 4 is 28.9 Å². The zero-order chi connectivity index (χ0) is 15.0. The molecule has 6 nitrogen and oxygen atoms in total. The van der Waals surface area contributed by atoms with Crippen molar-refractivity contribution in [2.24, 2.45) is 5.92 Å². The molecular weight excluding hydrogens is 280 g/mol. The summed E-state index contributed by atoms with van der Waals surface area (Å²) in [5, 5.41) is 11.4. The number of hydrogen-bond acceptors (Lipinski definition) is 4. The van der Waals surface area contributed by atoms with Gasteiger partial charge in [-0.2, -0.15) is 0 Å². The molecule has 1 aliphatic heterocycles. The molecule has 0 bridgehead atoms. The predicted octanol–water partition coefficient (Wildman–Crippen LogP) is 1.55. The third-order valence-electron chi connectivity index (χ3n) is 3.26. The van der Waals surface area contributed by atoms with Crippen molar-refractivity contribution in [2.75, 3.05) is 25.4 Å². The van der Waals surface area contributed by atoms with E-state index in [2.05, 4.69) is 5.32 Å². The predicted molar refractivity (Wildman–Crippen MR) is 77.7 cm³/mol. The SMILES string of the molecule is CC(CCNC(=O)CCN1CCSC1=O)CCC(=O)O. The average molecular weight is 302 g/mol. The summed E-state index contributed by atoms with van der Waals surface area (Å²) in [7, 11) is 0. The fraction of sp³-hybridized carbons (Fsp3) is 0.769. The highest BCUT2D eigenvalue weighted by Gasteiger charge is 2.21. The number of nitrogens with zero attached hydrogens (tertiary/aromatic N) is 1. The smallest absolute Gasteiger partial charge is 0.303 e. The molecule has 1 heterocycles. The van der Waals surface area contributed by atoms with E-state index in [1.807, 2.05) is 6.92 Å². The molecule has 2 amide bonds. The zero-order valence-corrected chi connectivity index (χ0v) is 12.6. The average Bonchev–Trinajstić information content (AvgIpc) is 2.79. The minimum atomic E-state index is -0.783. The van der Waals surface area contributed by atoms with Crippen molar-refractivity contribution in [3.05, 3.63) is 0 Å². The minimum absolute atomic E-state index is 0.0554. The Hall–Kier alpha value is -1.24. The van der Waals surface area contributed by atoms with Crippen LogP contribution in [0.5, 0.6) is 0 Å². The van der Waals surface area contributed by atoms with Gasteiger partial charge in [-0.15, -0.1) is 0 Å². The summed E-state index contributed by atoms with van der Waals surface area (Å²) < 4.78 is 0. The molecule has 1 unspecified atom stereocenters. The second-order valence-corrected chi connectivity index (χ2v) is 6.07. The normalized spacial score (nSPS) is 16.2. The number of carboxylic acid groups (broad SMARTS) is 1. The molecule has 0 aromatic heterocycles. The third kappa shape index (κ3) is 6.79. The number of carbonyl (C=O) groups excluding carboxylic acids is 2. The summed E-state index contributed by atoms with van der Waals surface area (Å²) in [6.45, 7) is 3.74. The highest BCUT2D eigenvalue weighted by atomic mass is 32.2. The Labute approximate surface area is 123 Å². The minimum Gasteiger partial charge on any atom is -0.481 e. The van der Waals surface area contributed by atoms with E-state index in [1.165, 1.54) is 11.8 Å². The van der Waals surface area contributed by atoms with Crippen LogP contribution in [0.4, 0.5) is 4.79 Å². The monoisotopic (exact) mass is 302 g/mol. The van der Waals surface area contributed by atoms with Crippen LogP contribution in [0.25, 0.3) is 0 Å². The lowest BCUT2D eigenvalue weighted by atomic mass is 10.0. The Morgan fingerprint density at radius 1 is 1.40 bits per heavy atom. The fourth-order valence-electron chi connectivity index (χ4n) is 1.93. The number of amides is 2. The molecule has 0 saturated carbocycles.